The number of amidine groups is 1. The SMILES string of the molecule is CC1N=C(N2CCNCC2)SC1C(=O)NCC12CC3CC(CC(C3)C1)C2. The fraction of sp³-hybridized carbons (Fsp3) is 0.900. The molecule has 6 heteroatoms. The Labute approximate surface area is 161 Å². The van der Waals surface area contributed by atoms with Gasteiger partial charge in [-0.05, 0) is 68.6 Å². The molecule has 4 bridgehead atoms. The average Bonchev–Trinajstić information content (AvgIpc) is 3.01. The van der Waals surface area contributed by atoms with Crippen molar-refractivity contribution in [1.29, 1.82) is 0 Å². The largest absolute Gasteiger partial charge is 0.354 e. The second kappa shape index (κ2) is 6.69. The van der Waals surface area contributed by atoms with Gasteiger partial charge in [0.15, 0.2) is 5.17 Å². The molecular weight excluding hydrogens is 344 g/mol. The van der Waals surface area contributed by atoms with Crippen molar-refractivity contribution in [2.24, 2.45) is 28.2 Å². The van der Waals surface area contributed by atoms with E-state index in [0.717, 1.165) is 55.6 Å². The van der Waals surface area contributed by atoms with Crippen LogP contribution in [-0.4, -0.2) is 60.0 Å². The Morgan fingerprint density at radius 3 is 2.42 bits per heavy atom. The van der Waals surface area contributed by atoms with E-state index in [4.69, 9.17) is 4.99 Å². The van der Waals surface area contributed by atoms with Crippen molar-refractivity contribution < 1.29 is 4.79 Å². The number of rotatable bonds is 3. The molecular formula is C20H32N4OS. The van der Waals surface area contributed by atoms with Crippen LogP contribution in [0.2, 0.25) is 0 Å². The average molecular weight is 377 g/mol. The molecule has 2 N–H and O–H groups in total. The minimum absolute atomic E-state index is 0.0474. The number of carbonyl (C=O) groups excluding carboxylic acids is 1. The van der Waals surface area contributed by atoms with Gasteiger partial charge in [0.25, 0.3) is 0 Å². The van der Waals surface area contributed by atoms with Gasteiger partial charge in [0.05, 0.1) is 6.04 Å². The number of piperazine rings is 1. The lowest BCUT2D eigenvalue weighted by molar-refractivity contribution is -0.122. The van der Waals surface area contributed by atoms with Gasteiger partial charge in [-0.25, -0.2) is 0 Å². The number of amides is 1. The van der Waals surface area contributed by atoms with Crippen LogP contribution in [-0.2, 0) is 4.79 Å². The van der Waals surface area contributed by atoms with Crippen molar-refractivity contribution in [1.82, 2.24) is 15.5 Å². The second-order valence-corrected chi connectivity index (χ2v) is 10.7. The molecule has 26 heavy (non-hydrogen) atoms. The van der Waals surface area contributed by atoms with Gasteiger partial charge in [0.1, 0.15) is 5.25 Å². The van der Waals surface area contributed by atoms with E-state index in [1.54, 1.807) is 11.8 Å². The Kier molecular flexibility index (Phi) is 4.47. The van der Waals surface area contributed by atoms with Crippen LogP contribution in [0.15, 0.2) is 4.99 Å². The van der Waals surface area contributed by atoms with E-state index in [2.05, 4.69) is 22.5 Å². The van der Waals surface area contributed by atoms with Crippen molar-refractivity contribution in [2.75, 3.05) is 32.7 Å². The van der Waals surface area contributed by atoms with Crippen LogP contribution in [0.3, 0.4) is 0 Å². The molecule has 6 aliphatic rings. The molecule has 4 saturated carbocycles. The summed E-state index contributed by atoms with van der Waals surface area (Å²) in [4.78, 5) is 20.1. The highest BCUT2D eigenvalue weighted by Gasteiger charge is 2.51. The monoisotopic (exact) mass is 376 g/mol. The highest BCUT2D eigenvalue weighted by molar-refractivity contribution is 8.15. The van der Waals surface area contributed by atoms with E-state index >= 15 is 0 Å². The van der Waals surface area contributed by atoms with Gasteiger partial charge in [-0.3, -0.25) is 9.79 Å². The Hall–Kier alpha value is -0.750. The normalized spacial score (nSPS) is 44.3. The zero-order valence-electron chi connectivity index (χ0n) is 15.9. The molecule has 0 aromatic rings. The Morgan fingerprint density at radius 1 is 1.19 bits per heavy atom. The molecule has 2 aliphatic heterocycles. The number of thioether (sulfide) groups is 1. The fourth-order valence-electron chi connectivity index (χ4n) is 6.65. The van der Waals surface area contributed by atoms with Gasteiger partial charge in [0.2, 0.25) is 5.91 Å². The first-order valence-electron chi connectivity index (χ1n) is 10.6. The second-order valence-electron chi connectivity index (χ2n) is 9.56. The number of carbonyl (C=O) groups is 1. The lowest BCUT2D eigenvalue weighted by atomic mass is 9.49. The van der Waals surface area contributed by atoms with Crippen LogP contribution in [0.1, 0.15) is 45.4 Å². The van der Waals surface area contributed by atoms with E-state index < -0.39 is 0 Å². The molecule has 0 aromatic carbocycles. The molecule has 2 heterocycles. The molecule has 1 amide bonds. The molecule has 0 aromatic heterocycles. The first-order valence-corrected chi connectivity index (χ1v) is 11.5. The predicted molar refractivity (Wildman–Crippen MR) is 106 cm³/mol. The van der Waals surface area contributed by atoms with Crippen LogP contribution in [0.4, 0.5) is 0 Å². The summed E-state index contributed by atoms with van der Waals surface area (Å²) in [5.74, 6) is 3.05. The van der Waals surface area contributed by atoms with Gasteiger partial charge in [-0.2, -0.15) is 0 Å². The molecule has 144 valence electrons. The minimum atomic E-state index is -0.0474. The maximum absolute atomic E-state index is 12.9. The first kappa shape index (κ1) is 17.4. The van der Waals surface area contributed by atoms with E-state index in [1.807, 2.05) is 0 Å². The van der Waals surface area contributed by atoms with E-state index in [-0.39, 0.29) is 17.2 Å². The Balaban J connectivity index is 1.18. The highest BCUT2D eigenvalue weighted by atomic mass is 32.2. The summed E-state index contributed by atoms with van der Waals surface area (Å²) in [7, 11) is 0. The van der Waals surface area contributed by atoms with Crippen molar-refractivity contribution in [3.8, 4) is 0 Å². The van der Waals surface area contributed by atoms with Crippen molar-refractivity contribution >= 4 is 22.8 Å². The quantitative estimate of drug-likeness (QED) is 0.792. The Bertz CT molecular complexity index is 565. The predicted octanol–water partition coefficient (Wildman–Crippen LogP) is 2.08. The molecule has 0 spiro atoms. The topological polar surface area (TPSA) is 56.7 Å². The fourth-order valence-corrected chi connectivity index (χ4v) is 7.89. The van der Waals surface area contributed by atoms with Crippen LogP contribution in [0, 0.1) is 23.2 Å². The summed E-state index contributed by atoms with van der Waals surface area (Å²) >= 11 is 1.69. The zero-order chi connectivity index (χ0) is 17.7. The molecule has 5 nitrogen and oxygen atoms in total. The molecule has 1 saturated heterocycles. The summed E-state index contributed by atoms with van der Waals surface area (Å²) < 4.78 is 0. The zero-order valence-corrected chi connectivity index (χ0v) is 16.7. The standard InChI is InChI=1S/C20H32N4OS/c1-13-17(26-19(23-13)24-4-2-21-3-5-24)18(25)22-12-20-9-14-6-15(10-20)8-16(7-14)11-20/h13-17,21H,2-12H2,1H3,(H,22,25). The van der Waals surface area contributed by atoms with Crippen LogP contribution in [0.25, 0.3) is 0 Å². The Morgan fingerprint density at radius 2 is 1.81 bits per heavy atom. The van der Waals surface area contributed by atoms with Crippen LogP contribution >= 0.6 is 11.8 Å². The minimum Gasteiger partial charge on any atom is -0.354 e. The van der Waals surface area contributed by atoms with Gasteiger partial charge < -0.3 is 15.5 Å². The van der Waals surface area contributed by atoms with Gasteiger partial charge in [-0.15, -0.1) is 0 Å². The number of hydrogen-bond acceptors (Lipinski definition) is 5. The third kappa shape index (κ3) is 3.17. The van der Waals surface area contributed by atoms with Crippen molar-refractivity contribution in [3.05, 3.63) is 0 Å². The summed E-state index contributed by atoms with van der Waals surface area (Å²) in [6.07, 6.45) is 8.46. The van der Waals surface area contributed by atoms with E-state index in [1.165, 1.54) is 38.5 Å². The third-order valence-electron chi connectivity index (χ3n) is 7.43. The molecule has 5 fully saturated rings. The summed E-state index contributed by atoms with van der Waals surface area (Å²) in [5, 5.41) is 7.78. The molecule has 0 radical (unpaired) electrons. The van der Waals surface area contributed by atoms with E-state index in [0.29, 0.717) is 5.41 Å². The number of aliphatic imine (C=N–C) groups is 1. The lowest BCUT2D eigenvalue weighted by Crippen LogP contribution is -2.52. The molecule has 2 atom stereocenters. The third-order valence-corrected chi connectivity index (χ3v) is 8.87. The van der Waals surface area contributed by atoms with Gasteiger partial charge in [-0.1, -0.05) is 11.8 Å². The van der Waals surface area contributed by atoms with E-state index in [9.17, 15) is 4.79 Å². The first-order chi connectivity index (χ1) is 12.6. The summed E-state index contributed by atoms with van der Waals surface area (Å²) in [5.41, 5.74) is 0.416. The lowest BCUT2D eigenvalue weighted by Gasteiger charge is -2.57. The van der Waals surface area contributed by atoms with Gasteiger partial charge in [0, 0.05) is 32.7 Å². The maximum Gasteiger partial charge on any atom is 0.235 e. The highest BCUT2D eigenvalue weighted by Crippen LogP contribution is 2.59. The van der Waals surface area contributed by atoms with Crippen molar-refractivity contribution in [3.63, 3.8) is 0 Å². The van der Waals surface area contributed by atoms with Crippen molar-refractivity contribution in [2.45, 2.75) is 56.7 Å². The number of nitrogens with one attached hydrogen (secondary N) is 2. The molecule has 2 unspecified atom stereocenters. The molecule has 4 aliphatic carbocycles. The smallest absolute Gasteiger partial charge is 0.235 e. The van der Waals surface area contributed by atoms with Crippen LogP contribution < -0.4 is 10.6 Å². The van der Waals surface area contributed by atoms with Crippen LogP contribution in [0.5, 0.6) is 0 Å². The maximum atomic E-state index is 12.9. The van der Waals surface area contributed by atoms with Gasteiger partial charge >= 0.3 is 0 Å². The summed E-state index contributed by atoms with van der Waals surface area (Å²) in [6, 6.07) is 0.0845. The molecule has 6 rings (SSSR count). The summed E-state index contributed by atoms with van der Waals surface area (Å²) in [6.45, 7) is 7.02. The number of hydrogen-bond donors (Lipinski definition) is 2. The number of nitrogens with zero attached hydrogens (tertiary/aromatic N) is 2.